The zero-order valence-electron chi connectivity index (χ0n) is 13.8. The molecule has 1 saturated heterocycles. The van der Waals surface area contributed by atoms with Gasteiger partial charge in [0.05, 0.1) is 6.20 Å². The van der Waals surface area contributed by atoms with Gasteiger partial charge in [-0.3, -0.25) is 9.78 Å². The van der Waals surface area contributed by atoms with Crippen LogP contribution in [-0.4, -0.2) is 37.1 Å². The lowest BCUT2D eigenvalue weighted by molar-refractivity contribution is -0.118. The number of hydrogen-bond donors (Lipinski definition) is 1. The molecule has 0 aliphatic carbocycles. The highest BCUT2D eigenvalue weighted by molar-refractivity contribution is 5.96. The van der Waals surface area contributed by atoms with Crippen LogP contribution in [0.2, 0.25) is 0 Å². The summed E-state index contributed by atoms with van der Waals surface area (Å²) in [7, 11) is 1.84. The average molecular weight is 323 g/mol. The fourth-order valence-corrected chi connectivity index (χ4v) is 3.18. The number of nitrogens with one attached hydrogen (secondary N) is 1. The Morgan fingerprint density at radius 2 is 2.12 bits per heavy atom. The van der Waals surface area contributed by atoms with Crippen LogP contribution >= 0.6 is 0 Å². The highest BCUT2D eigenvalue weighted by atomic mass is 16.5. The molecule has 1 aromatic carbocycles. The number of rotatable bonds is 4. The topological polar surface area (TPSA) is 54.5 Å². The molecular weight excluding hydrogens is 302 g/mol. The molecule has 2 aromatic rings. The molecule has 3 heterocycles. The van der Waals surface area contributed by atoms with E-state index in [1.54, 1.807) is 11.1 Å². The van der Waals surface area contributed by atoms with Gasteiger partial charge in [-0.2, -0.15) is 0 Å². The smallest absolute Gasteiger partial charge is 0.227 e. The fourth-order valence-electron chi connectivity index (χ4n) is 3.18. The number of benzene rings is 1. The van der Waals surface area contributed by atoms with E-state index < -0.39 is 0 Å². The second-order valence-corrected chi connectivity index (χ2v) is 6.46. The maximum Gasteiger partial charge on any atom is 0.227 e. The van der Waals surface area contributed by atoms with Gasteiger partial charge >= 0.3 is 0 Å². The summed E-state index contributed by atoms with van der Waals surface area (Å²) >= 11 is 0. The summed E-state index contributed by atoms with van der Waals surface area (Å²) in [6, 6.07) is 8.72. The average Bonchev–Trinajstić information content (AvgIpc) is 2.57. The van der Waals surface area contributed by atoms with Crippen LogP contribution in [0.4, 0.5) is 5.69 Å². The quantitative estimate of drug-likeness (QED) is 0.939. The van der Waals surface area contributed by atoms with Crippen LogP contribution in [0, 0.1) is 0 Å². The summed E-state index contributed by atoms with van der Waals surface area (Å²) in [5.41, 5.74) is 4.36. The summed E-state index contributed by atoms with van der Waals surface area (Å²) in [4.78, 5) is 17.9. The number of fused-ring (bicyclic) bond motifs is 1. The highest BCUT2D eigenvalue weighted by Gasteiger charge is 2.21. The zero-order chi connectivity index (χ0) is 16.5. The van der Waals surface area contributed by atoms with Crippen molar-refractivity contribution in [3.8, 4) is 16.9 Å². The molecule has 0 bridgehead atoms. The van der Waals surface area contributed by atoms with Gasteiger partial charge in [0.2, 0.25) is 5.91 Å². The van der Waals surface area contributed by atoms with E-state index in [9.17, 15) is 4.79 Å². The Labute approximate surface area is 141 Å². The number of nitrogens with zero attached hydrogens (tertiary/aromatic N) is 2. The number of anilines is 1. The Bertz CT molecular complexity index is 771. The van der Waals surface area contributed by atoms with Crippen LogP contribution in [0.1, 0.15) is 18.4 Å². The molecule has 2 aliphatic rings. The van der Waals surface area contributed by atoms with Crippen molar-refractivity contribution in [1.29, 1.82) is 0 Å². The third-order valence-corrected chi connectivity index (χ3v) is 4.85. The van der Waals surface area contributed by atoms with Crippen molar-refractivity contribution in [2.24, 2.45) is 0 Å². The molecule has 0 spiro atoms. The number of carbonyl (C=O) groups is 1. The van der Waals surface area contributed by atoms with Crippen molar-refractivity contribution in [2.45, 2.75) is 25.3 Å². The first-order valence-corrected chi connectivity index (χ1v) is 8.42. The molecular formula is C19H21N3O2. The van der Waals surface area contributed by atoms with Crippen molar-refractivity contribution < 1.29 is 9.53 Å². The molecule has 24 heavy (non-hydrogen) atoms. The second-order valence-electron chi connectivity index (χ2n) is 6.46. The normalized spacial score (nSPS) is 19.6. The van der Waals surface area contributed by atoms with E-state index in [0.29, 0.717) is 19.1 Å². The number of ether oxygens (including phenoxy) is 1. The standard InChI is InChI=1S/C19H21N3O2/c1-22-18-4-2-13(8-14(18)3-5-19(22)23)15-9-17(11-20-10-15)24-12-16-6-7-21-16/h2,4,8-11,16,21H,3,5-7,12H2,1H3. The monoisotopic (exact) mass is 323 g/mol. The molecule has 1 atom stereocenters. The summed E-state index contributed by atoms with van der Waals surface area (Å²) in [6.45, 7) is 1.76. The molecule has 2 aliphatic heterocycles. The number of carbonyl (C=O) groups excluding carboxylic acids is 1. The zero-order valence-corrected chi connectivity index (χ0v) is 13.8. The van der Waals surface area contributed by atoms with Crippen LogP contribution in [-0.2, 0) is 11.2 Å². The second kappa shape index (κ2) is 6.24. The number of aryl methyl sites for hydroxylation is 1. The van der Waals surface area contributed by atoms with Gasteiger partial charge < -0.3 is 15.0 Å². The predicted molar refractivity (Wildman–Crippen MR) is 93.3 cm³/mol. The van der Waals surface area contributed by atoms with E-state index in [0.717, 1.165) is 35.5 Å². The number of hydrogen-bond acceptors (Lipinski definition) is 4. The lowest BCUT2D eigenvalue weighted by Crippen LogP contribution is -2.46. The van der Waals surface area contributed by atoms with Crippen LogP contribution in [0.3, 0.4) is 0 Å². The van der Waals surface area contributed by atoms with Gasteiger partial charge in [-0.15, -0.1) is 0 Å². The molecule has 1 fully saturated rings. The van der Waals surface area contributed by atoms with Crippen molar-refractivity contribution in [2.75, 3.05) is 25.1 Å². The molecule has 1 aromatic heterocycles. The lowest BCUT2D eigenvalue weighted by Gasteiger charge is -2.27. The molecule has 4 rings (SSSR count). The Morgan fingerprint density at radius 3 is 2.92 bits per heavy atom. The van der Waals surface area contributed by atoms with Gasteiger partial charge in [0.15, 0.2) is 0 Å². The SMILES string of the molecule is CN1C(=O)CCc2cc(-c3cncc(OCC4CCN4)c3)ccc21. The summed E-state index contributed by atoms with van der Waals surface area (Å²) < 4.78 is 5.84. The predicted octanol–water partition coefficient (Wildman–Crippen LogP) is 2.40. The first-order valence-electron chi connectivity index (χ1n) is 8.42. The first-order chi connectivity index (χ1) is 11.7. The molecule has 1 N–H and O–H groups in total. The van der Waals surface area contributed by atoms with Crippen molar-refractivity contribution in [3.63, 3.8) is 0 Å². The Morgan fingerprint density at radius 1 is 1.25 bits per heavy atom. The van der Waals surface area contributed by atoms with Crippen LogP contribution in [0.5, 0.6) is 5.75 Å². The van der Waals surface area contributed by atoms with Crippen molar-refractivity contribution >= 4 is 11.6 Å². The van der Waals surface area contributed by atoms with Crippen molar-refractivity contribution in [3.05, 3.63) is 42.2 Å². The third-order valence-electron chi connectivity index (χ3n) is 4.85. The number of pyridine rings is 1. The van der Waals surface area contributed by atoms with E-state index in [-0.39, 0.29) is 5.91 Å². The van der Waals surface area contributed by atoms with Crippen LogP contribution in [0.25, 0.3) is 11.1 Å². The number of aromatic nitrogens is 1. The Hall–Kier alpha value is -2.40. The molecule has 5 heteroatoms. The third kappa shape index (κ3) is 2.87. The van der Waals surface area contributed by atoms with Gasteiger partial charge in [0.1, 0.15) is 12.4 Å². The van der Waals surface area contributed by atoms with Crippen LogP contribution < -0.4 is 15.0 Å². The van der Waals surface area contributed by atoms with Gasteiger partial charge in [0, 0.05) is 37.0 Å². The van der Waals surface area contributed by atoms with Gasteiger partial charge in [0.25, 0.3) is 0 Å². The molecule has 124 valence electrons. The Kier molecular flexibility index (Phi) is 3.94. The van der Waals surface area contributed by atoms with Gasteiger partial charge in [-0.1, -0.05) is 6.07 Å². The van der Waals surface area contributed by atoms with E-state index in [1.165, 1.54) is 12.0 Å². The lowest BCUT2D eigenvalue weighted by atomic mass is 9.97. The molecule has 0 saturated carbocycles. The van der Waals surface area contributed by atoms with Gasteiger partial charge in [-0.25, -0.2) is 0 Å². The molecule has 1 unspecified atom stereocenters. The van der Waals surface area contributed by atoms with Gasteiger partial charge in [-0.05, 0) is 48.7 Å². The summed E-state index contributed by atoms with van der Waals surface area (Å²) in [5.74, 6) is 0.975. The maximum atomic E-state index is 11.8. The minimum atomic E-state index is 0.178. The summed E-state index contributed by atoms with van der Waals surface area (Å²) in [5, 5.41) is 3.33. The van der Waals surface area contributed by atoms with E-state index in [4.69, 9.17) is 4.74 Å². The van der Waals surface area contributed by atoms with E-state index in [1.807, 2.05) is 31.4 Å². The van der Waals surface area contributed by atoms with Crippen LogP contribution in [0.15, 0.2) is 36.7 Å². The fraction of sp³-hybridized carbons (Fsp3) is 0.368. The number of amides is 1. The van der Waals surface area contributed by atoms with Crippen molar-refractivity contribution in [1.82, 2.24) is 10.3 Å². The largest absolute Gasteiger partial charge is 0.490 e. The van der Waals surface area contributed by atoms with E-state index in [2.05, 4.69) is 16.4 Å². The minimum absolute atomic E-state index is 0.178. The van der Waals surface area contributed by atoms with E-state index >= 15 is 0 Å². The molecule has 5 nitrogen and oxygen atoms in total. The highest BCUT2D eigenvalue weighted by Crippen LogP contribution is 2.32. The Balaban J connectivity index is 1.56. The summed E-state index contributed by atoms with van der Waals surface area (Å²) in [6.07, 6.45) is 6.15. The molecule has 0 radical (unpaired) electrons. The molecule has 1 amide bonds. The first kappa shape index (κ1) is 15.1. The maximum absolute atomic E-state index is 11.8. The minimum Gasteiger partial charge on any atom is -0.490 e.